The number of carbonyl (C=O) groups is 1. The van der Waals surface area contributed by atoms with Crippen molar-refractivity contribution in [3.63, 3.8) is 0 Å². The van der Waals surface area contributed by atoms with Gasteiger partial charge in [-0.1, -0.05) is 36.4 Å². The minimum Gasteiger partial charge on any atom is -0.497 e. The quantitative estimate of drug-likeness (QED) is 0.268. The molecule has 1 amide bonds. The van der Waals surface area contributed by atoms with E-state index in [9.17, 15) is 9.18 Å². The van der Waals surface area contributed by atoms with Gasteiger partial charge in [0.05, 0.1) is 19.4 Å². The third-order valence-corrected chi connectivity index (χ3v) is 6.10. The van der Waals surface area contributed by atoms with Gasteiger partial charge in [0, 0.05) is 37.2 Å². The number of fused-ring (bicyclic) bond motifs is 1. The Hall–Kier alpha value is -3.84. The first kappa shape index (κ1) is 25.3. The normalized spacial score (nSPS) is 11.0. The fourth-order valence-electron chi connectivity index (χ4n) is 4.11. The van der Waals surface area contributed by atoms with Crippen LogP contribution in [0, 0.1) is 5.82 Å². The Balaban J connectivity index is 1.17. The summed E-state index contributed by atoms with van der Waals surface area (Å²) < 4.78 is 23.7. The Morgan fingerprint density at radius 2 is 1.72 bits per heavy atom. The average Bonchev–Trinajstić information content (AvgIpc) is 3.32. The molecular weight excluding hydrogens is 457 g/mol. The molecule has 0 unspecified atom stereocenters. The molecule has 7 heteroatoms. The molecule has 4 aromatic rings. The number of aromatic amines is 1. The van der Waals surface area contributed by atoms with E-state index in [1.165, 1.54) is 23.3 Å². The van der Waals surface area contributed by atoms with E-state index < -0.39 is 0 Å². The lowest BCUT2D eigenvalue weighted by atomic mass is 10.1. The molecule has 2 N–H and O–H groups in total. The summed E-state index contributed by atoms with van der Waals surface area (Å²) in [6.45, 7) is 1.65. The van der Waals surface area contributed by atoms with Crippen molar-refractivity contribution in [3.8, 4) is 5.75 Å². The van der Waals surface area contributed by atoms with E-state index in [1.807, 2.05) is 18.3 Å². The second-order valence-electron chi connectivity index (χ2n) is 8.83. The van der Waals surface area contributed by atoms with Gasteiger partial charge in [-0.25, -0.2) is 4.39 Å². The highest BCUT2D eigenvalue weighted by Gasteiger charge is 2.10. The number of benzene rings is 3. The van der Waals surface area contributed by atoms with Gasteiger partial charge in [0.1, 0.15) is 18.2 Å². The maximum atomic E-state index is 12.9. The predicted molar refractivity (Wildman–Crippen MR) is 141 cm³/mol. The van der Waals surface area contributed by atoms with Gasteiger partial charge in [0.25, 0.3) is 0 Å². The Morgan fingerprint density at radius 3 is 2.47 bits per heavy atom. The smallest absolute Gasteiger partial charge is 0.246 e. The van der Waals surface area contributed by atoms with E-state index >= 15 is 0 Å². The molecule has 1 heterocycles. The number of hydrogen-bond acceptors (Lipinski definition) is 4. The minimum absolute atomic E-state index is 0.0111. The lowest BCUT2D eigenvalue weighted by molar-refractivity contribution is -0.126. The van der Waals surface area contributed by atoms with Gasteiger partial charge in [-0.15, -0.1) is 0 Å². The molecular formula is C29H32FN3O3. The molecule has 1 aromatic heterocycles. The Bertz CT molecular complexity index is 1270. The molecule has 4 rings (SSSR count). The summed E-state index contributed by atoms with van der Waals surface area (Å²) in [6.07, 6.45) is 3.76. The van der Waals surface area contributed by atoms with Gasteiger partial charge in [0.15, 0.2) is 0 Å². The second-order valence-corrected chi connectivity index (χ2v) is 8.83. The number of rotatable bonds is 12. The van der Waals surface area contributed by atoms with Gasteiger partial charge in [-0.2, -0.15) is 0 Å². The first-order valence-corrected chi connectivity index (χ1v) is 12.0. The van der Waals surface area contributed by atoms with Gasteiger partial charge in [-0.3, -0.25) is 4.79 Å². The van der Waals surface area contributed by atoms with E-state index in [0.29, 0.717) is 6.54 Å². The van der Waals surface area contributed by atoms with Crippen LogP contribution in [-0.4, -0.2) is 38.2 Å². The highest BCUT2D eigenvalue weighted by atomic mass is 19.1. The number of hydrogen-bond donors (Lipinski definition) is 2. The third-order valence-electron chi connectivity index (χ3n) is 6.10. The maximum Gasteiger partial charge on any atom is 0.246 e. The Kier molecular flexibility index (Phi) is 8.57. The summed E-state index contributed by atoms with van der Waals surface area (Å²) in [5, 5.41) is 4.02. The molecule has 0 bridgehead atoms. The molecule has 6 nitrogen and oxygen atoms in total. The summed E-state index contributed by atoms with van der Waals surface area (Å²) in [5.74, 6) is 0.408. The minimum atomic E-state index is -0.287. The third kappa shape index (κ3) is 6.86. The van der Waals surface area contributed by atoms with Crippen molar-refractivity contribution in [3.05, 3.63) is 95.4 Å². The van der Waals surface area contributed by atoms with Crippen molar-refractivity contribution in [1.82, 2.24) is 10.3 Å². The van der Waals surface area contributed by atoms with Crippen LogP contribution in [0.5, 0.6) is 5.75 Å². The van der Waals surface area contributed by atoms with Crippen LogP contribution >= 0.6 is 0 Å². The number of halogens is 1. The topological polar surface area (TPSA) is 66.6 Å². The summed E-state index contributed by atoms with van der Waals surface area (Å²) in [6, 6.07) is 20.7. The lowest BCUT2D eigenvalue weighted by Gasteiger charge is -2.19. The molecule has 0 aliphatic rings. The molecule has 0 aliphatic carbocycles. The first-order chi connectivity index (χ1) is 17.5. The zero-order valence-corrected chi connectivity index (χ0v) is 20.7. The van der Waals surface area contributed by atoms with Crippen LogP contribution in [0.1, 0.15) is 23.1 Å². The van der Waals surface area contributed by atoms with Crippen LogP contribution < -0.4 is 15.0 Å². The van der Waals surface area contributed by atoms with Crippen LogP contribution in [0.25, 0.3) is 10.9 Å². The zero-order chi connectivity index (χ0) is 25.3. The van der Waals surface area contributed by atoms with Crippen LogP contribution in [0.3, 0.4) is 0 Å². The largest absolute Gasteiger partial charge is 0.497 e. The molecule has 0 saturated carbocycles. The van der Waals surface area contributed by atoms with E-state index in [4.69, 9.17) is 9.47 Å². The van der Waals surface area contributed by atoms with Gasteiger partial charge >= 0.3 is 0 Å². The first-order valence-electron chi connectivity index (χ1n) is 12.0. The molecule has 0 aliphatic heterocycles. The molecule has 3 aromatic carbocycles. The molecule has 0 radical (unpaired) electrons. The highest BCUT2D eigenvalue weighted by molar-refractivity contribution is 5.93. The number of anilines is 1. The SMILES string of the molecule is COc1ccc2[nH]cc(N(C)Cc3ccc(CCCNC(=O)COCc4ccc(F)cc4)cc3)c2c1. The van der Waals surface area contributed by atoms with Crippen LogP contribution in [0.2, 0.25) is 0 Å². The second kappa shape index (κ2) is 12.2. The monoisotopic (exact) mass is 489 g/mol. The van der Waals surface area contributed by atoms with E-state index in [1.54, 1.807) is 19.2 Å². The summed E-state index contributed by atoms with van der Waals surface area (Å²) in [4.78, 5) is 17.5. The zero-order valence-electron chi connectivity index (χ0n) is 20.7. The number of aryl methyl sites for hydroxylation is 1. The fourth-order valence-corrected chi connectivity index (χ4v) is 4.11. The van der Waals surface area contributed by atoms with Crippen LogP contribution in [-0.2, 0) is 29.1 Å². The number of carbonyl (C=O) groups excluding carboxylic acids is 1. The molecule has 36 heavy (non-hydrogen) atoms. The highest BCUT2D eigenvalue weighted by Crippen LogP contribution is 2.30. The fraction of sp³-hybridized carbons (Fsp3) is 0.276. The van der Waals surface area contributed by atoms with Crippen LogP contribution in [0.4, 0.5) is 10.1 Å². The summed E-state index contributed by atoms with van der Waals surface area (Å²) in [7, 11) is 3.77. The van der Waals surface area contributed by atoms with E-state index in [-0.39, 0.29) is 24.9 Å². The Labute approximate surface area is 211 Å². The molecule has 0 spiro atoms. The maximum absolute atomic E-state index is 12.9. The number of H-pyrrole nitrogens is 1. The number of aromatic nitrogens is 1. The number of nitrogens with zero attached hydrogens (tertiary/aromatic N) is 1. The number of nitrogens with one attached hydrogen (secondary N) is 2. The number of ether oxygens (including phenoxy) is 2. The van der Waals surface area contributed by atoms with Crippen molar-refractivity contribution >= 4 is 22.5 Å². The number of amides is 1. The van der Waals surface area contributed by atoms with Crippen molar-refractivity contribution in [2.24, 2.45) is 0 Å². The van der Waals surface area contributed by atoms with E-state index in [0.717, 1.165) is 47.3 Å². The molecule has 0 fully saturated rings. The molecule has 188 valence electrons. The van der Waals surface area contributed by atoms with Crippen LogP contribution in [0.15, 0.2) is 72.9 Å². The van der Waals surface area contributed by atoms with Crippen molar-refractivity contribution < 1.29 is 18.7 Å². The van der Waals surface area contributed by atoms with Gasteiger partial charge < -0.3 is 24.7 Å². The number of methoxy groups -OCH3 is 1. The molecule has 0 atom stereocenters. The lowest BCUT2D eigenvalue weighted by Crippen LogP contribution is -2.28. The standard InChI is InChI=1S/C29H32FN3O3/c1-33(28-17-32-27-14-13-25(35-2)16-26(27)28)18-22-7-5-21(6-8-22)4-3-15-31-29(34)20-36-19-23-9-11-24(30)12-10-23/h5-14,16-17,32H,3-4,15,18-20H2,1-2H3,(H,31,34). The Morgan fingerprint density at radius 1 is 1.00 bits per heavy atom. The van der Waals surface area contributed by atoms with Gasteiger partial charge in [-0.05, 0) is 59.9 Å². The van der Waals surface area contributed by atoms with Gasteiger partial charge in [0.2, 0.25) is 5.91 Å². The van der Waals surface area contributed by atoms with Crippen molar-refractivity contribution in [2.75, 3.05) is 32.2 Å². The van der Waals surface area contributed by atoms with Crippen molar-refractivity contribution in [1.29, 1.82) is 0 Å². The van der Waals surface area contributed by atoms with Crippen molar-refractivity contribution in [2.45, 2.75) is 26.0 Å². The average molecular weight is 490 g/mol. The summed E-state index contributed by atoms with van der Waals surface area (Å²) >= 11 is 0. The predicted octanol–water partition coefficient (Wildman–Crippen LogP) is 5.22. The van der Waals surface area contributed by atoms with E-state index in [2.05, 4.69) is 52.6 Å². The molecule has 0 saturated heterocycles. The summed E-state index contributed by atoms with van der Waals surface area (Å²) in [5.41, 5.74) is 5.51.